The van der Waals surface area contributed by atoms with E-state index in [0.29, 0.717) is 12.6 Å². The molecule has 2 aliphatic heterocycles. The molecule has 98 valence electrons. The third-order valence-corrected chi connectivity index (χ3v) is 3.90. The molecule has 2 aliphatic rings. The number of anilines is 1. The van der Waals surface area contributed by atoms with Gasteiger partial charge in [0.25, 0.3) is 6.71 Å². The zero-order chi connectivity index (χ0) is 13.2. The molecule has 1 unspecified atom stereocenters. The van der Waals surface area contributed by atoms with Gasteiger partial charge in [0.05, 0.1) is 6.67 Å². The Bertz CT molecular complexity index is 513. The van der Waals surface area contributed by atoms with Gasteiger partial charge in [-0.2, -0.15) is 0 Å². The molecular formula is C12H17BN6. The van der Waals surface area contributed by atoms with Gasteiger partial charge in [0.15, 0.2) is 0 Å². The number of hydrogen-bond donors (Lipinski definition) is 2. The SMILES string of the molecule is N#CB1CCc2nc(N3CNC(CN)C3)ncc2C1. The van der Waals surface area contributed by atoms with E-state index in [4.69, 9.17) is 11.0 Å². The summed E-state index contributed by atoms with van der Waals surface area (Å²) in [5.74, 6) is 3.11. The van der Waals surface area contributed by atoms with Crippen LogP contribution in [0, 0.1) is 11.2 Å². The molecule has 0 spiro atoms. The summed E-state index contributed by atoms with van der Waals surface area (Å²) in [7, 11) is 0. The number of hydrogen-bond acceptors (Lipinski definition) is 6. The molecule has 3 heterocycles. The van der Waals surface area contributed by atoms with Crippen molar-refractivity contribution in [2.75, 3.05) is 24.7 Å². The highest BCUT2D eigenvalue weighted by Gasteiger charge is 2.26. The normalized spacial score (nSPS) is 22.2. The van der Waals surface area contributed by atoms with E-state index in [2.05, 4.69) is 26.2 Å². The molecule has 0 amide bonds. The minimum atomic E-state index is 0.122. The summed E-state index contributed by atoms with van der Waals surface area (Å²) in [4.78, 5) is 11.2. The van der Waals surface area contributed by atoms with E-state index < -0.39 is 0 Å². The highest BCUT2D eigenvalue weighted by molar-refractivity contribution is 6.66. The van der Waals surface area contributed by atoms with Crippen molar-refractivity contribution in [3.05, 3.63) is 17.5 Å². The van der Waals surface area contributed by atoms with Crippen LogP contribution < -0.4 is 16.0 Å². The van der Waals surface area contributed by atoms with Crippen LogP contribution in [0.15, 0.2) is 6.20 Å². The second-order valence-electron chi connectivity index (χ2n) is 5.23. The molecule has 1 aromatic rings. The number of nitrogens with two attached hydrogens (primary N) is 1. The van der Waals surface area contributed by atoms with Gasteiger partial charge < -0.3 is 10.6 Å². The minimum absolute atomic E-state index is 0.122. The fourth-order valence-electron chi connectivity index (χ4n) is 2.70. The summed E-state index contributed by atoms with van der Waals surface area (Å²) >= 11 is 0. The van der Waals surface area contributed by atoms with Crippen molar-refractivity contribution in [1.29, 1.82) is 5.26 Å². The molecule has 19 heavy (non-hydrogen) atoms. The fourth-order valence-corrected chi connectivity index (χ4v) is 2.70. The molecule has 0 bridgehead atoms. The summed E-state index contributed by atoms with van der Waals surface area (Å²) < 4.78 is 0. The summed E-state index contributed by atoms with van der Waals surface area (Å²) in [6.45, 7) is 2.36. The lowest BCUT2D eigenvalue weighted by Crippen LogP contribution is -2.32. The van der Waals surface area contributed by atoms with Crippen LogP contribution in [-0.4, -0.2) is 42.5 Å². The quantitative estimate of drug-likeness (QED) is 0.684. The molecule has 3 rings (SSSR count). The van der Waals surface area contributed by atoms with Crippen LogP contribution in [0.4, 0.5) is 5.95 Å². The van der Waals surface area contributed by atoms with E-state index in [1.54, 1.807) is 0 Å². The predicted octanol–water partition coefficient (Wildman–Crippen LogP) is -0.634. The largest absolute Gasteiger partial charge is 0.329 e. The van der Waals surface area contributed by atoms with E-state index in [1.807, 2.05) is 6.20 Å². The summed E-state index contributed by atoms with van der Waals surface area (Å²) in [5.41, 5.74) is 7.89. The Morgan fingerprint density at radius 1 is 1.63 bits per heavy atom. The molecule has 6 nitrogen and oxygen atoms in total. The summed E-state index contributed by atoms with van der Waals surface area (Å²) in [5, 5.41) is 12.3. The highest BCUT2D eigenvalue weighted by Crippen LogP contribution is 2.21. The first kappa shape index (κ1) is 12.4. The van der Waals surface area contributed by atoms with Crippen molar-refractivity contribution in [3.8, 4) is 5.97 Å². The van der Waals surface area contributed by atoms with Crippen LogP contribution in [0.2, 0.25) is 6.32 Å². The van der Waals surface area contributed by atoms with Crippen LogP contribution in [0.5, 0.6) is 0 Å². The molecule has 7 heteroatoms. The third kappa shape index (κ3) is 2.42. The van der Waals surface area contributed by atoms with Crippen LogP contribution in [0.1, 0.15) is 11.3 Å². The van der Waals surface area contributed by atoms with E-state index in [9.17, 15) is 0 Å². The van der Waals surface area contributed by atoms with Crippen molar-refractivity contribution < 1.29 is 0 Å². The third-order valence-electron chi connectivity index (χ3n) is 3.90. The minimum Gasteiger partial charge on any atom is -0.329 e. The van der Waals surface area contributed by atoms with Gasteiger partial charge in [-0.3, -0.25) is 5.32 Å². The molecule has 1 aromatic heterocycles. The molecule has 0 aliphatic carbocycles. The smallest absolute Gasteiger partial charge is 0.272 e. The number of nitrogens with one attached hydrogen (secondary N) is 1. The first-order chi connectivity index (χ1) is 9.30. The summed E-state index contributed by atoms with van der Waals surface area (Å²) in [6, 6.07) is 0.322. The molecular weight excluding hydrogens is 239 g/mol. The monoisotopic (exact) mass is 256 g/mol. The topological polar surface area (TPSA) is 90.9 Å². The zero-order valence-corrected chi connectivity index (χ0v) is 10.8. The molecule has 0 aromatic carbocycles. The number of nitriles is 1. The highest BCUT2D eigenvalue weighted by atomic mass is 15.4. The van der Waals surface area contributed by atoms with Gasteiger partial charge in [0, 0.05) is 37.0 Å². The van der Waals surface area contributed by atoms with Gasteiger partial charge in [-0.1, -0.05) is 6.32 Å². The molecule has 0 saturated carbocycles. The average molecular weight is 256 g/mol. The maximum absolute atomic E-state index is 8.98. The predicted molar refractivity (Wildman–Crippen MR) is 73.8 cm³/mol. The Balaban J connectivity index is 1.78. The maximum atomic E-state index is 8.98. The molecule has 1 fully saturated rings. The second-order valence-corrected chi connectivity index (χ2v) is 5.23. The number of aryl methyl sites for hydroxylation is 1. The standard InChI is InChI=1S/C12H17BN6/c14-4-10-6-19(8-17-10)12-16-5-9-3-13(7-15)2-1-11(9)18-12/h5,10,17H,1-4,6,8,14H2. The lowest BCUT2D eigenvalue weighted by molar-refractivity contribution is 0.643. The van der Waals surface area contributed by atoms with Crippen LogP contribution in [0.25, 0.3) is 0 Å². The number of aromatic nitrogens is 2. The number of nitrogens with zero attached hydrogens (tertiary/aromatic N) is 4. The Hall–Kier alpha value is -1.65. The van der Waals surface area contributed by atoms with E-state index in [1.165, 1.54) is 0 Å². The fraction of sp³-hybridized carbons (Fsp3) is 0.583. The average Bonchev–Trinajstić information content (AvgIpc) is 2.95. The van der Waals surface area contributed by atoms with E-state index in [0.717, 1.165) is 49.5 Å². The Morgan fingerprint density at radius 3 is 3.26 bits per heavy atom. The van der Waals surface area contributed by atoms with Gasteiger partial charge >= 0.3 is 0 Å². The van der Waals surface area contributed by atoms with E-state index in [-0.39, 0.29) is 6.71 Å². The zero-order valence-electron chi connectivity index (χ0n) is 10.8. The van der Waals surface area contributed by atoms with Crippen molar-refractivity contribution in [2.45, 2.75) is 25.1 Å². The molecule has 1 saturated heterocycles. The first-order valence-electron chi connectivity index (χ1n) is 6.73. The Morgan fingerprint density at radius 2 is 2.53 bits per heavy atom. The summed E-state index contributed by atoms with van der Waals surface area (Å²) in [6.07, 6.45) is 4.46. The lowest BCUT2D eigenvalue weighted by Gasteiger charge is -2.20. The first-order valence-corrected chi connectivity index (χ1v) is 6.73. The van der Waals surface area contributed by atoms with Crippen molar-refractivity contribution in [2.24, 2.45) is 5.73 Å². The number of fused-ring (bicyclic) bond motifs is 1. The van der Waals surface area contributed by atoms with Gasteiger partial charge in [0.1, 0.15) is 0 Å². The van der Waals surface area contributed by atoms with Gasteiger partial charge in [-0.05, 0) is 18.3 Å². The molecule has 3 N–H and O–H groups in total. The Labute approximate surface area is 113 Å². The maximum Gasteiger partial charge on any atom is 0.272 e. The van der Waals surface area contributed by atoms with Crippen LogP contribution in [-0.2, 0) is 12.7 Å². The van der Waals surface area contributed by atoms with E-state index >= 15 is 0 Å². The van der Waals surface area contributed by atoms with Crippen molar-refractivity contribution in [1.82, 2.24) is 15.3 Å². The van der Waals surface area contributed by atoms with Crippen LogP contribution in [0.3, 0.4) is 0 Å². The number of rotatable bonds is 2. The second kappa shape index (κ2) is 5.15. The Kier molecular flexibility index (Phi) is 3.36. The molecule has 1 atom stereocenters. The molecule has 0 radical (unpaired) electrons. The lowest BCUT2D eigenvalue weighted by atomic mass is 9.43. The van der Waals surface area contributed by atoms with Crippen molar-refractivity contribution >= 4 is 12.7 Å². The van der Waals surface area contributed by atoms with Crippen molar-refractivity contribution in [3.63, 3.8) is 0 Å². The van der Waals surface area contributed by atoms with Gasteiger partial charge in [-0.25, -0.2) is 15.2 Å². The van der Waals surface area contributed by atoms with Gasteiger partial charge in [-0.15, -0.1) is 0 Å². The van der Waals surface area contributed by atoms with Gasteiger partial charge in [0.2, 0.25) is 5.95 Å². The van der Waals surface area contributed by atoms with Crippen LogP contribution >= 0.6 is 0 Å².